The molecule has 0 radical (unpaired) electrons. The lowest BCUT2D eigenvalue weighted by Gasteiger charge is -2.02. The summed E-state index contributed by atoms with van der Waals surface area (Å²) in [5.41, 5.74) is 0. The van der Waals surface area contributed by atoms with Gasteiger partial charge in [0.2, 0.25) is 0 Å². The van der Waals surface area contributed by atoms with Crippen LogP contribution in [0.15, 0.2) is 24.3 Å². The predicted molar refractivity (Wildman–Crippen MR) is 49.7 cm³/mol. The van der Waals surface area contributed by atoms with E-state index in [0.717, 1.165) is 17.9 Å². The van der Waals surface area contributed by atoms with Gasteiger partial charge in [-0.2, -0.15) is 0 Å². The molecule has 0 saturated heterocycles. The van der Waals surface area contributed by atoms with Crippen LogP contribution in [0, 0.1) is 0 Å². The van der Waals surface area contributed by atoms with Crippen molar-refractivity contribution in [2.45, 2.75) is 13.3 Å². The lowest BCUT2D eigenvalue weighted by atomic mass is 10.2. The van der Waals surface area contributed by atoms with Crippen molar-refractivity contribution >= 4 is 7.32 Å². The Hall–Kier alpha value is -1.16. The van der Waals surface area contributed by atoms with Crippen LogP contribution in [0.2, 0.25) is 0 Å². The first-order valence-corrected chi connectivity index (χ1v) is 4.44. The Morgan fingerprint density at radius 2 is 1.85 bits per heavy atom. The Morgan fingerprint density at radius 1 is 1.23 bits per heavy atom. The summed E-state index contributed by atoms with van der Waals surface area (Å²) in [6, 6.07) is 7.55. The molecule has 0 aromatic heterocycles. The first-order chi connectivity index (χ1) is 6.40. The second-order valence-corrected chi connectivity index (χ2v) is 2.84. The van der Waals surface area contributed by atoms with Gasteiger partial charge in [0.05, 0.1) is 0 Å². The topological polar surface area (TPSA) is 27.7 Å². The van der Waals surface area contributed by atoms with Crippen LogP contribution in [0.4, 0.5) is 0 Å². The minimum absolute atomic E-state index is 0.558. The second kappa shape index (κ2) is 3.70. The summed E-state index contributed by atoms with van der Waals surface area (Å²) < 4.78 is 16.0. The SMILES string of the molecule is CCCOB1Oc2ccccc2O1. The molecule has 0 bridgehead atoms. The predicted octanol–water partition coefficient (Wildman–Crippen LogP) is 1.87. The maximum absolute atomic E-state index is 5.36. The normalized spacial score (nSPS) is 13.5. The highest BCUT2D eigenvalue weighted by molar-refractivity contribution is 6.40. The van der Waals surface area contributed by atoms with Crippen LogP contribution < -0.4 is 9.31 Å². The van der Waals surface area contributed by atoms with Gasteiger partial charge in [0.15, 0.2) is 0 Å². The summed E-state index contributed by atoms with van der Waals surface area (Å²) in [7, 11) is -0.558. The third kappa shape index (κ3) is 1.78. The summed E-state index contributed by atoms with van der Waals surface area (Å²) >= 11 is 0. The first kappa shape index (κ1) is 8.44. The molecule has 1 heterocycles. The molecule has 3 nitrogen and oxygen atoms in total. The van der Waals surface area contributed by atoms with E-state index in [2.05, 4.69) is 0 Å². The fraction of sp³-hybridized carbons (Fsp3) is 0.333. The van der Waals surface area contributed by atoms with Gasteiger partial charge >= 0.3 is 7.32 Å². The summed E-state index contributed by atoms with van der Waals surface area (Å²) in [6.45, 7) is 2.70. The van der Waals surface area contributed by atoms with Crippen molar-refractivity contribution in [2.24, 2.45) is 0 Å². The lowest BCUT2D eigenvalue weighted by Crippen LogP contribution is -2.29. The van der Waals surface area contributed by atoms with E-state index in [0.29, 0.717) is 6.61 Å². The smallest absolute Gasteiger partial charge is 0.498 e. The van der Waals surface area contributed by atoms with E-state index in [1.54, 1.807) is 0 Å². The van der Waals surface area contributed by atoms with E-state index in [1.807, 2.05) is 31.2 Å². The molecule has 13 heavy (non-hydrogen) atoms. The average molecular weight is 178 g/mol. The molecule has 1 aromatic carbocycles. The van der Waals surface area contributed by atoms with Crippen LogP contribution >= 0.6 is 0 Å². The van der Waals surface area contributed by atoms with Crippen LogP contribution in [0.3, 0.4) is 0 Å². The Balaban J connectivity index is 1.97. The van der Waals surface area contributed by atoms with Crippen LogP contribution in [-0.2, 0) is 4.65 Å². The standard InChI is InChI=1S/C9H11BO3/c1-2-7-11-10-12-8-5-3-4-6-9(8)13-10/h3-6H,2,7H2,1H3. The molecule has 2 rings (SSSR count). The van der Waals surface area contributed by atoms with Gasteiger partial charge in [0, 0.05) is 6.61 Å². The van der Waals surface area contributed by atoms with E-state index in [-0.39, 0.29) is 0 Å². The molecule has 0 aliphatic carbocycles. The minimum Gasteiger partial charge on any atom is -0.498 e. The molecule has 0 amide bonds. The summed E-state index contributed by atoms with van der Waals surface area (Å²) in [4.78, 5) is 0. The number of para-hydroxylation sites is 2. The van der Waals surface area contributed by atoms with Crippen LogP contribution in [-0.4, -0.2) is 13.9 Å². The second-order valence-electron chi connectivity index (χ2n) is 2.84. The average Bonchev–Trinajstić information content (AvgIpc) is 2.57. The summed E-state index contributed by atoms with van der Waals surface area (Å²) in [5, 5.41) is 0. The number of hydrogen-bond acceptors (Lipinski definition) is 3. The number of hydrogen-bond donors (Lipinski definition) is 0. The lowest BCUT2D eigenvalue weighted by molar-refractivity contribution is 0.222. The molecule has 0 fully saturated rings. The first-order valence-electron chi connectivity index (χ1n) is 4.44. The summed E-state index contributed by atoms with van der Waals surface area (Å²) in [5.74, 6) is 1.51. The Labute approximate surface area is 77.8 Å². The van der Waals surface area contributed by atoms with Gasteiger partial charge in [-0.05, 0) is 18.6 Å². The van der Waals surface area contributed by atoms with Crippen LogP contribution in [0.25, 0.3) is 0 Å². The maximum Gasteiger partial charge on any atom is 0.788 e. The molecule has 4 heteroatoms. The van der Waals surface area contributed by atoms with E-state index in [1.165, 1.54) is 0 Å². The maximum atomic E-state index is 5.36. The minimum atomic E-state index is -0.558. The van der Waals surface area contributed by atoms with Crippen LogP contribution in [0.1, 0.15) is 13.3 Å². The molecule has 0 saturated carbocycles. The Morgan fingerprint density at radius 3 is 2.38 bits per heavy atom. The van der Waals surface area contributed by atoms with E-state index < -0.39 is 7.32 Å². The number of benzene rings is 1. The van der Waals surface area contributed by atoms with Gasteiger partial charge in [-0.1, -0.05) is 19.1 Å². The quantitative estimate of drug-likeness (QED) is 0.661. The highest BCUT2D eigenvalue weighted by Gasteiger charge is 2.34. The Kier molecular flexibility index (Phi) is 2.41. The fourth-order valence-corrected chi connectivity index (χ4v) is 1.16. The molecular weight excluding hydrogens is 167 g/mol. The van der Waals surface area contributed by atoms with E-state index in [9.17, 15) is 0 Å². The van der Waals surface area contributed by atoms with Crippen molar-refractivity contribution in [1.82, 2.24) is 0 Å². The van der Waals surface area contributed by atoms with Crippen LogP contribution in [0.5, 0.6) is 11.5 Å². The zero-order chi connectivity index (χ0) is 9.10. The largest absolute Gasteiger partial charge is 0.788 e. The third-order valence-electron chi connectivity index (χ3n) is 1.75. The molecule has 1 aliphatic heterocycles. The Bertz CT molecular complexity index is 265. The fourth-order valence-electron chi connectivity index (χ4n) is 1.16. The highest BCUT2D eigenvalue weighted by Crippen LogP contribution is 2.32. The van der Waals surface area contributed by atoms with Crippen molar-refractivity contribution in [2.75, 3.05) is 6.61 Å². The van der Waals surface area contributed by atoms with E-state index >= 15 is 0 Å². The molecule has 0 atom stereocenters. The van der Waals surface area contributed by atoms with Gasteiger partial charge in [0.25, 0.3) is 0 Å². The van der Waals surface area contributed by atoms with Crippen molar-refractivity contribution in [3.63, 3.8) is 0 Å². The molecule has 1 aliphatic rings. The van der Waals surface area contributed by atoms with Crippen molar-refractivity contribution in [1.29, 1.82) is 0 Å². The molecular formula is C9H11BO3. The third-order valence-corrected chi connectivity index (χ3v) is 1.75. The molecule has 0 spiro atoms. The zero-order valence-electron chi connectivity index (χ0n) is 7.53. The van der Waals surface area contributed by atoms with Gasteiger partial charge in [0.1, 0.15) is 11.5 Å². The van der Waals surface area contributed by atoms with Gasteiger partial charge < -0.3 is 14.0 Å². The molecule has 0 unspecified atom stereocenters. The van der Waals surface area contributed by atoms with Crippen molar-refractivity contribution in [3.8, 4) is 11.5 Å². The number of rotatable bonds is 3. The van der Waals surface area contributed by atoms with Gasteiger partial charge in [-0.15, -0.1) is 0 Å². The highest BCUT2D eigenvalue weighted by atomic mass is 16.8. The van der Waals surface area contributed by atoms with Crippen molar-refractivity contribution in [3.05, 3.63) is 24.3 Å². The molecule has 0 N–H and O–H groups in total. The molecule has 1 aromatic rings. The van der Waals surface area contributed by atoms with Gasteiger partial charge in [-0.3, -0.25) is 0 Å². The zero-order valence-corrected chi connectivity index (χ0v) is 7.53. The number of fused-ring (bicyclic) bond motifs is 1. The monoisotopic (exact) mass is 178 g/mol. The molecule has 68 valence electrons. The van der Waals surface area contributed by atoms with E-state index in [4.69, 9.17) is 14.0 Å². The summed E-state index contributed by atoms with van der Waals surface area (Å²) in [6.07, 6.45) is 0.958. The van der Waals surface area contributed by atoms with Gasteiger partial charge in [-0.25, -0.2) is 0 Å². The van der Waals surface area contributed by atoms with Crippen molar-refractivity contribution < 1.29 is 14.0 Å².